The van der Waals surface area contributed by atoms with Crippen molar-refractivity contribution in [3.05, 3.63) is 23.8 Å². The Labute approximate surface area is 137 Å². The first-order valence-electron chi connectivity index (χ1n) is 8.69. The van der Waals surface area contributed by atoms with Gasteiger partial charge >= 0.3 is 0 Å². The largest absolute Gasteiger partial charge is 0.486 e. The van der Waals surface area contributed by atoms with E-state index in [1.165, 1.54) is 12.0 Å². The lowest BCUT2D eigenvalue weighted by molar-refractivity contribution is -0.140. The van der Waals surface area contributed by atoms with Crippen LogP contribution in [0.2, 0.25) is 0 Å². The second-order valence-electron chi connectivity index (χ2n) is 6.71. The number of fused-ring (bicyclic) bond motifs is 1. The lowest BCUT2D eigenvalue weighted by Crippen LogP contribution is -2.50. The molecular weight excluding hydrogens is 292 g/mol. The number of piperazine rings is 1. The molecule has 2 heterocycles. The molecule has 0 spiro atoms. The van der Waals surface area contributed by atoms with Crippen molar-refractivity contribution in [1.29, 1.82) is 0 Å². The van der Waals surface area contributed by atoms with Crippen LogP contribution in [0.4, 0.5) is 0 Å². The van der Waals surface area contributed by atoms with Gasteiger partial charge < -0.3 is 14.4 Å². The SMILES string of the molecule is O=C(C1CCC1)N1CCN(Cc2ccc3c(c2)OCCO3)CC1. The molecule has 1 aliphatic carbocycles. The maximum Gasteiger partial charge on any atom is 0.225 e. The topological polar surface area (TPSA) is 42.0 Å². The summed E-state index contributed by atoms with van der Waals surface area (Å²) in [6.07, 6.45) is 3.41. The first-order chi connectivity index (χ1) is 11.3. The molecule has 1 amide bonds. The Morgan fingerprint density at radius 2 is 1.78 bits per heavy atom. The number of ether oxygens (including phenoxy) is 2. The lowest BCUT2D eigenvalue weighted by atomic mass is 9.84. The van der Waals surface area contributed by atoms with E-state index in [9.17, 15) is 4.79 Å². The summed E-state index contributed by atoms with van der Waals surface area (Å²) in [4.78, 5) is 16.8. The molecule has 2 aliphatic heterocycles. The van der Waals surface area contributed by atoms with E-state index < -0.39 is 0 Å². The van der Waals surface area contributed by atoms with E-state index in [1.807, 2.05) is 6.07 Å². The zero-order valence-electron chi connectivity index (χ0n) is 13.5. The third-order valence-electron chi connectivity index (χ3n) is 5.15. The molecule has 5 heteroatoms. The van der Waals surface area contributed by atoms with Gasteiger partial charge in [0.25, 0.3) is 0 Å². The van der Waals surface area contributed by atoms with Crippen LogP contribution in [0.15, 0.2) is 18.2 Å². The third-order valence-corrected chi connectivity index (χ3v) is 5.15. The highest BCUT2D eigenvalue weighted by molar-refractivity contribution is 5.79. The van der Waals surface area contributed by atoms with Crippen molar-refractivity contribution >= 4 is 5.91 Å². The van der Waals surface area contributed by atoms with Crippen LogP contribution in [0.25, 0.3) is 0 Å². The number of nitrogens with zero attached hydrogens (tertiary/aromatic N) is 2. The normalized spacial score (nSPS) is 21.8. The molecule has 0 radical (unpaired) electrons. The fourth-order valence-corrected chi connectivity index (χ4v) is 3.48. The summed E-state index contributed by atoms with van der Waals surface area (Å²) >= 11 is 0. The van der Waals surface area contributed by atoms with Crippen LogP contribution < -0.4 is 9.47 Å². The van der Waals surface area contributed by atoms with E-state index >= 15 is 0 Å². The van der Waals surface area contributed by atoms with Crippen LogP contribution in [-0.4, -0.2) is 55.1 Å². The molecular formula is C18H24N2O3. The number of hydrogen-bond acceptors (Lipinski definition) is 4. The number of amides is 1. The average Bonchev–Trinajstić information content (AvgIpc) is 2.54. The van der Waals surface area contributed by atoms with Crippen LogP contribution in [0, 0.1) is 5.92 Å². The molecule has 3 aliphatic rings. The Morgan fingerprint density at radius 1 is 1.04 bits per heavy atom. The second kappa shape index (κ2) is 6.40. The van der Waals surface area contributed by atoms with Gasteiger partial charge in [0, 0.05) is 38.6 Å². The summed E-state index contributed by atoms with van der Waals surface area (Å²) in [6, 6.07) is 6.19. The van der Waals surface area contributed by atoms with Gasteiger partial charge in [0.1, 0.15) is 13.2 Å². The smallest absolute Gasteiger partial charge is 0.225 e. The van der Waals surface area contributed by atoms with Crippen molar-refractivity contribution in [3.8, 4) is 11.5 Å². The van der Waals surface area contributed by atoms with Crippen molar-refractivity contribution < 1.29 is 14.3 Å². The van der Waals surface area contributed by atoms with Crippen molar-refractivity contribution in [2.24, 2.45) is 5.92 Å². The van der Waals surface area contributed by atoms with E-state index in [0.717, 1.165) is 57.1 Å². The van der Waals surface area contributed by atoms with Gasteiger partial charge in [-0.15, -0.1) is 0 Å². The molecule has 0 bridgehead atoms. The summed E-state index contributed by atoms with van der Waals surface area (Å²) in [5.74, 6) is 2.40. The van der Waals surface area contributed by atoms with Gasteiger partial charge in [-0.25, -0.2) is 0 Å². The quantitative estimate of drug-likeness (QED) is 0.854. The molecule has 0 unspecified atom stereocenters. The first kappa shape index (κ1) is 14.8. The number of carbonyl (C=O) groups is 1. The van der Waals surface area contributed by atoms with Gasteiger partial charge in [-0.1, -0.05) is 12.5 Å². The van der Waals surface area contributed by atoms with E-state index in [0.29, 0.717) is 25.0 Å². The molecule has 4 rings (SSSR count). The molecule has 0 atom stereocenters. The van der Waals surface area contributed by atoms with E-state index in [-0.39, 0.29) is 0 Å². The van der Waals surface area contributed by atoms with Gasteiger partial charge in [-0.05, 0) is 30.5 Å². The van der Waals surface area contributed by atoms with Crippen LogP contribution in [0.5, 0.6) is 11.5 Å². The summed E-state index contributed by atoms with van der Waals surface area (Å²) in [7, 11) is 0. The fraction of sp³-hybridized carbons (Fsp3) is 0.611. The van der Waals surface area contributed by atoms with E-state index in [1.54, 1.807) is 0 Å². The van der Waals surface area contributed by atoms with Crippen molar-refractivity contribution in [1.82, 2.24) is 9.80 Å². The molecule has 23 heavy (non-hydrogen) atoms. The van der Waals surface area contributed by atoms with E-state index in [2.05, 4.69) is 21.9 Å². The Kier molecular flexibility index (Phi) is 4.12. The Morgan fingerprint density at radius 3 is 2.48 bits per heavy atom. The van der Waals surface area contributed by atoms with Gasteiger partial charge in [0.15, 0.2) is 11.5 Å². The Balaban J connectivity index is 1.31. The summed E-state index contributed by atoms with van der Waals surface area (Å²) in [6.45, 7) is 5.78. The van der Waals surface area contributed by atoms with Crippen LogP contribution in [-0.2, 0) is 11.3 Å². The highest BCUT2D eigenvalue weighted by Crippen LogP contribution is 2.31. The predicted octanol–water partition coefficient (Wildman–Crippen LogP) is 1.90. The summed E-state index contributed by atoms with van der Waals surface area (Å²) < 4.78 is 11.2. The molecule has 124 valence electrons. The Bertz CT molecular complexity index is 578. The maximum absolute atomic E-state index is 12.3. The zero-order valence-corrected chi connectivity index (χ0v) is 13.5. The predicted molar refractivity (Wildman–Crippen MR) is 86.6 cm³/mol. The lowest BCUT2D eigenvalue weighted by Gasteiger charge is -2.38. The first-order valence-corrected chi connectivity index (χ1v) is 8.69. The average molecular weight is 316 g/mol. The molecule has 5 nitrogen and oxygen atoms in total. The highest BCUT2D eigenvalue weighted by Gasteiger charge is 2.31. The minimum Gasteiger partial charge on any atom is -0.486 e. The van der Waals surface area contributed by atoms with Crippen LogP contribution in [0.1, 0.15) is 24.8 Å². The molecule has 1 saturated heterocycles. The van der Waals surface area contributed by atoms with Gasteiger partial charge in [-0.2, -0.15) is 0 Å². The standard InChI is InChI=1S/C18H24N2O3/c21-18(15-2-1-3-15)20-8-6-19(7-9-20)13-14-4-5-16-17(12-14)23-11-10-22-16/h4-5,12,15H,1-3,6-11,13H2. The van der Waals surface area contributed by atoms with E-state index in [4.69, 9.17) is 9.47 Å². The van der Waals surface area contributed by atoms with Gasteiger partial charge in [0.05, 0.1) is 0 Å². The molecule has 1 aromatic rings. The van der Waals surface area contributed by atoms with Crippen molar-refractivity contribution in [2.45, 2.75) is 25.8 Å². The fourth-order valence-electron chi connectivity index (χ4n) is 3.48. The third kappa shape index (κ3) is 3.15. The minimum absolute atomic E-state index is 0.319. The number of carbonyl (C=O) groups excluding carboxylic acids is 1. The monoisotopic (exact) mass is 316 g/mol. The number of hydrogen-bond donors (Lipinski definition) is 0. The summed E-state index contributed by atoms with van der Waals surface area (Å²) in [5.41, 5.74) is 1.24. The van der Waals surface area contributed by atoms with Crippen molar-refractivity contribution in [3.63, 3.8) is 0 Å². The van der Waals surface area contributed by atoms with Gasteiger partial charge in [-0.3, -0.25) is 9.69 Å². The summed E-state index contributed by atoms with van der Waals surface area (Å²) in [5, 5.41) is 0. The van der Waals surface area contributed by atoms with Crippen LogP contribution in [0.3, 0.4) is 0 Å². The molecule has 1 saturated carbocycles. The molecule has 0 aromatic heterocycles. The Hall–Kier alpha value is -1.75. The number of benzene rings is 1. The molecule has 1 aromatic carbocycles. The highest BCUT2D eigenvalue weighted by atomic mass is 16.6. The zero-order chi connectivity index (χ0) is 15.6. The maximum atomic E-state index is 12.3. The molecule has 2 fully saturated rings. The van der Waals surface area contributed by atoms with Crippen LogP contribution >= 0.6 is 0 Å². The van der Waals surface area contributed by atoms with Crippen molar-refractivity contribution in [2.75, 3.05) is 39.4 Å². The number of rotatable bonds is 3. The second-order valence-corrected chi connectivity index (χ2v) is 6.71. The minimum atomic E-state index is 0.319. The molecule has 0 N–H and O–H groups in total. The van der Waals surface area contributed by atoms with Gasteiger partial charge in [0.2, 0.25) is 5.91 Å².